The van der Waals surface area contributed by atoms with Crippen LogP contribution in [0.5, 0.6) is 0 Å². The molecule has 130 valence electrons. The molecule has 0 saturated carbocycles. The summed E-state index contributed by atoms with van der Waals surface area (Å²) in [6, 6.07) is 20.3. The van der Waals surface area contributed by atoms with Gasteiger partial charge in [0.2, 0.25) is 0 Å². The molecular weight excluding hydrogens is 310 g/mol. The van der Waals surface area contributed by atoms with Crippen molar-refractivity contribution in [2.24, 2.45) is 0 Å². The highest BCUT2D eigenvalue weighted by molar-refractivity contribution is 7.97. The van der Waals surface area contributed by atoms with Gasteiger partial charge in [-0.15, -0.1) is 0 Å². The van der Waals surface area contributed by atoms with Gasteiger partial charge in [0.15, 0.2) is 0 Å². The molecule has 2 aromatic carbocycles. The maximum atomic E-state index is 3.57. The molecule has 0 bridgehead atoms. The molecule has 1 N–H and O–H groups in total. The predicted molar refractivity (Wildman–Crippen MR) is 108 cm³/mol. The SMILES string of the molecule is CCC(C)(CC)c1ccc(SNC(C)CCc2ccccc2)cc1. The Morgan fingerprint density at radius 2 is 1.58 bits per heavy atom. The second-order valence-electron chi connectivity index (χ2n) is 6.94. The summed E-state index contributed by atoms with van der Waals surface area (Å²) in [4.78, 5) is 1.29. The Labute approximate surface area is 152 Å². The van der Waals surface area contributed by atoms with Crippen molar-refractivity contribution in [1.82, 2.24) is 4.72 Å². The van der Waals surface area contributed by atoms with E-state index < -0.39 is 0 Å². The molecule has 0 heterocycles. The van der Waals surface area contributed by atoms with Gasteiger partial charge in [-0.25, -0.2) is 0 Å². The normalized spacial score (nSPS) is 13.0. The number of aryl methyl sites for hydroxylation is 1. The van der Waals surface area contributed by atoms with Gasteiger partial charge in [0.05, 0.1) is 0 Å². The molecule has 1 unspecified atom stereocenters. The molecule has 0 aliphatic rings. The summed E-state index contributed by atoms with van der Waals surface area (Å²) in [5.74, 6) is 0. The quantitative estimate of drug-likeness (QED) is 0.531. The number of hydrogen-bond donors (Lipinski definition) is 1. The van der Waals surface area contributed by atoms with Crippen LogP contribution in [0.4, 0.5) is 0 Å². The third kappa shape index (κ3) is 5.39. The van der Waals surface area contributed by atoms with Gasteiger partial charge >= 0.3 is 0 Å². The van der Waals surface area contributed by atoms with E-state index in [-0.39, 0.29) is 0 Å². The molecular formula is C22H31NS. The number of rotatable bonds is 9. The first kappa shape index (κ1) is 19.1. The van der Waals surface area contributed by atoms with Gasteiger partial charge in [-0.05, 0) is 73.2 Å². The highest BCUT2D eigenvalue weighted by atomic mass is 32.2. The summed E-state index contributed by atoms with van der Waals surface area (Å²) in [7, 11) is 0. The van der Waals surface area contributed by atoms with Crippen molar-refractivity contribution in [2.45, 2.75) is 69.7 Å². The molecule has 0 aliphatic carbocycles. The monoisotopic (exact) mass is 341 g/mol. The maximum absolute atomic E-state index is 3.57. The van der Waals surface area contributed by atoms with Crippen LogP contribution in [0.15, 0.2) is 59.5 Å². The standard InChI is InChI=1S/C22H31NS/c1-5-22(4,6-2)20-14-16-21(17-15-20)24-23-18(3)12-13-19-10-8-7-9-11-19/h7-11,14-18,23H,5-6,12-13H2,1-4H3. The third-order valence-electron chi connectivity index (χ3n) is 5.20. The Kier molecular flexibility index (Phi) is 7.39. The van der Waals surface area contributed by atoms with Crippen molar-refractivity contribution in [3.05, 3.63) is 65.7 Å². The van der Waals surface area contributed by atoms with E-state index in [0.717, 1.165) is 12.8 Å². The lowest BCUT2D eigenvalue weighted by Crippen LogP contribution is -2.20. The summed E-state index contributed by atoms with van der Waals surface area (Å²) in [6.45, 7) is 9.18. The zero-order chi connectivity index (χ0) is 17.4. The van der Waals surface area contributed by atoms with E-state index in [1.54, 1.807) is 11.9 Å². The van der Waals surface area contributed by atoms with Gasteiger partial charge in [0, 0.05) is 10.9 Å². The summed E-state index contributed by atoms with van der Waals surface area (Å²) < 4.78 is 3.57. The summed E-state index contributed by atoms with van der Waals surface area (Å²) in [5.41, 5.74) is 3.17. The molecule has 1 atom stereocenters. The molecule has 0 fully saturated rings. The van der Waals surface area contributed by atoms with Gasteiger partial charge in [-0.2, -0.15) is 0 Å². The highest BCUT2D eigenvalue weighted by Gasteiger charge is 2.21. The largest absolute Gasteiger partial charge is 0.257 e. The smallest absolute Gasteiger partial charge is 0.0228 e. The summed E-state index contributed by atoms with van der Waals surface area (Å²) >= 11 is 1.75. The van der Waals surface area contributed by atoms with Gasteiger partial charge in [0.1, 0.15) is 0 Å². The van der Waals surface area contributed by atoms with Crippen molar-refractivity contribution in [3.63, 3.8) is 0 Å². The van der Waals surface area contributed by atoms with E-state index >= 15 is 0 Å². The van der Waals surface area contributed by atoms with Gasteiger partial charge in [-0.3, -0.25) is 4.72 Å². The molecule has 0 aromatic heterocycles. The van der Waals surface area contributed by atoms with Crippen LogP contribution in [-0.4, -0.2) is 6.04 Å². The molecule has 0 spiro atoms. The van der Waals surface area contributed by atoms with Gasteiger partial charge < -0.3 is 0 Å². The fourth-order valence-corrected chi connectivity index (χ4v) is 3.57. The average Bonchev–Trinajstić information content (AvgIpc) is 2.65. The van der Waals surface area contributed by atoms with Crippen LogP contribution >= 0.6 is 11.9 Å². The maximum Gasteiger partial charge on any atom is 0.0228 e. The first-order chi connectivity index (χ1) is 11.6. The lowest BCUT2D eigenvalue weighted by molar-refractivity contribution is 0.438. The van der Waals surface area contributed by atoms with Crippen LogP contribution in [0, 0.1) is 0 Å². The van der Waals surface area contributed by atoms with Crippen LogP contribution in [0.3, 0.4) is 0 Å². The van der Waals surface area contributed by atoms with Crippen molar-refractivity contribution in [2.75, 3.05) is 0 Å². The number of benzene rings is 2. The minimum absolute atomic E-state index is 0.305. The Hall–Kier alpha value is -1.25. The Balaban J connectivity index is 1.81. The van der Waals surface area contributed by atoms with Crippen molar-refractivity contribution in [1.29, 1.82) is 0 Å². The molecule has 0 aliphatic heterocycles. The molecule has 0 amide bonds. The van der Waals surface area contributed by atoms with Crippen molar-refractivity contribution >= 4 is 11.9 Å². The number of nitrogens with one attached hydrogen (secondary N) is 1. The fraction of sp³-hybridized carbons (Fsp3) is 0.455. The first-order valence-electron chi connectivity index (χ1n) is 9.14. The van der Waals surface area contributed by atoms with Crippen LogP contribution in [0.1, 0.15) is 58.1 Å². The molecule has 24 heavy (non-hydrogen) atoms. The van der Waals surface area contributed by atoms with E-state index in [9.17, 15) is 0 Å². The van der Waals surface area contributed by atoms with Crippen molar-refractivity contribution in [3.8, 4) is 0 Å². The second kappa shape index (κ2) is 9.29. The summed E-state index contributed by atoms with van der Waals surface area (Å²) in [5, 5.41) is 0. The average molecular weight is 342 g/mol. The first-order valence-corrected chi connectivity index (χ1v) is 9.96. The Bertz CT molecular complexity index is 587. The van der Waals surface area contributed by atoms with E-state index in [1.807, 2.05) is 0 Å². The summed E-state index contributed by atoms with van der Waals surface area (Å²) in [6.07, 6.45) is 4.65. The zero-order valence-corrected chi connectivity index (χ0v) is 16.3. The Morgan fingerprint density at radius 1 is 0.958 bits per heavy atom. The lowest BCUT2D eigenvalue weighted by atomic mass is 9.78. The van der Waals surface area contributed by atoms with Gasteiger partial charge in [0.25, 0.3) is 0 Å². The zero-order valence-electron chi connectivity index (χ0n) is 15.5. The second-order valence-corrected chi connectivity index (χ2v) is 7.85. The topological polar surface area (TPSA) is 12.0 Å². The van der Waals surface area contributed by atoms with E-state index in [4.69, 9.17) is 0 Å². The predicted octanol–water partition coefficient (Wildman–Crippen LogP) is 6.38. The molecule has 0 saturated heterocycles. The molecule has 2 rings (SSSR count). The minimum atomic E-state index is 0.305. The molecule has 2 aromatic rings. The fourth-order valence-electron chi connectivity index (χ4n) is 2.84. The van der Waals surface area contributed by atoms with E-state index in [0.29, 0.717) is 11.5 Å². The van der Waals surface area contributed by atoms with Crippen LogP contribution < -0.4 is 4.72 Å². The lowest BCUT2D eigenvalue weighted by Gasteiger charge is -2.27. The number of hydrogen-bond acceptors (Lipinski definition) is 2. The highest BCUT2D eigenvalue weighted by Crippen LogP contribution is 2.32. The third-order valence-corrected chi connectivity index (χ3v) is 6.23. The molecule has 2 heteroatoms. The molecule has 1 nitrogen and oxygen atoms in total. The van der Waals surface area contributed by atoms with E-state index in [1.165, 1.54) is 28.9 Å². The van der Waals surface area contributed by atoms with Crippen LogP contribution in [-0.2, 0) is 11.8 Å². The Morgan fingerprint density at radius 3 is 2.17 bits per heavy atom. The van der Waals surface area contributed by atoms with Crippen LogP contribution in [0.25, 0.3) is 0 Å². The van der Waals surface area contributed by atoms with Crippen molar-refractivity contribution < 1.29 is 0 Å². The van der Waals surface area contributed by atoms with E-state index in [2.05, 4.69) is 87.0 Å². The van der Waals surface area contributed by atoms with Crippen LogP contribution in [0.2, 0.25) is 0 Å². The van der Waals surface area contributed by atoms with Gasteiger partial charge in [-0.1, -0.05) is 63.2 Å². The molecule has 0 radical (unpaired) electrons. The minimum Gasteiger partial charge on any atom is -0.257 e.